The second kappa shape index (κ2) is 5.29. The summed E-state index contributed by atoms with van der Waals surface area (Å²) in [5, 5.41) is 3.97. The van der Waals surface area contributed by atoms with E-state index in [0.29, 0.717) is 17.1 Å². The molecule has 0 saturated carbocycles. The van der Waals surface area contributed by atoms with Crippen molar-refractivity contribution >= 4 is 17.5 Å². The van der Waals surface area contributed by atoms with Crippen molar-refractivity contribution in [1.82, 2.24) is 10.2 Å². The maximum absolute atomic E-state index is 12.5. The summed E-state index contributed by atoms with van der Waals surface area (Å²) in [6.07, 6.45) is 0.972. The number of hydrogen-bond acceptors (Lipinski definition) is 2. The molecule has 0 bridgehead atoms. The number of amides is 1. The molecule has 98 valence electrons. The largest absolute Gasteiger partial charge is 0.337 e. The Morgan fingerprint density at radius 2 is 2.11 bits per heavy atom. The first-order valence-corrected chi connectivity index (χ1v) is 6.66. The highest BCUT2D eigenvalue weighted by atomic mass is 35.5. The summed E-state index contributed by atoms with van der Waals surface area (Å²) in [5.41, 5.74) is 0.546. The summed E-state index contributed by atoms with van der Waals surface area (Å²) < 4.78 is 0. The van der Waals surface area contributed by atoms with Crippen molar-refractivity contribution < 1.29 is 4.79 Å². The Balaban J connectivity index is 2.20. The molecule has 1 saturated heterocycles. The average molecular weight is 267 g/mol. The summed E-state index contributed by atoms with van der Waals surface area (Å²) in [6.45, 7) is 6.66. The maximum Gasteiger partial charge on any atom is 0.255 e. The lowest BCUT2D eigenvalue weighted by Gasteiger charge is -2.30. The van der Waals surface area contributed by atoms with Crippen LogP contribution in [0.3, 0.4) is 0 Å². The normalized spacial score (nSPS) is 19.4. The Morgan fingerprint density at radius 3 is 2.83 bits per heavy atom. The van der Waals surface area contributed by atoms with Crippen LogP contribution in [-0.2, 0) is 0 Å². The molecule has 0 aliphatic carbocycles. The molecule has 1 heterocycles. The smallest absolute Gasteiger partial charge is 0.255 e. The van der Waals surface area contributed by atoms with Gasteiger partial charge in [0.25, 0.3) is 5.91 Å². The molecule has 0 spiro atoms. The Hall–Kier alpha value is -1.06. The number of halogens is 1. The van der Waals surface area contributed by atoms with Crippen LogP contribution in [0.5, 0.6) is 0 Å². The molecule has 1 aliphatic heterocycles. The summed E-state index contributed by atoms with van der Waals surface area (Å²) in [6, 6.07) is 7.24. The van der Waals surface area contributed by atoms with Gasteiger partial charge in [-0.3, -0.25) is 4.79 Å². The van der Waals surface area contributed by atoms with Crippen LogP contribution in [0.1, 0.15) is 30.6 Å². The second-order valence-electron chi connectivity index (χ2n) is 5.37. The van der Waals surface area contributed by atoms with Gasteiger partial charge >= 0.3 is 0 Å². The predicted molar refractivity (Wildman–Crippen MR) is 74.1 cm³/mol. The van der Waals surface area contributed by atoms with Gasteiger partial charge in [-0.15, -0.1) is 0 Å². The molecule has 2 rings (SSSR count). The molecule has 0 atom stereocenters. The minimum absolute atomic E-state index is 0.0253. The van der Waals surface area contributed by atoms with E-state index in [1.807, 2.05) is 17.0 Å². The fourth-order valence-corrected chi connectivity index (χ4v) is 2.50. The Labute approximate surface area is 113 Å². The van der Waals surface area contributed by atoms with Crippen LogP contribution in [0.2, 0.25) is 5.02 Å². The molecule has 0 aromatic heterocycles. The van der Waals surface area contributed by atoms with E-state index in [1.54, 1.807) is 12.1 Å². The Morgan fingerprint density at radius 1 is 1.39 bits per heavy atom. The minimum Gasteiger partial charge on any atom is -0.337 e. The van der Waals surface area contributed by atoms with Gasteiger partial charge in [-0.1, -0.05) is 23.7 Å². The molecule has 1 N–H and O–H groups in total. The lowest BCUT2D eigenvalue weighted by molar-refractivity contribution is 0.0733. The number of nitrogens with zero attached hydrogens (tertiary/aromatic N) is 1. The van der Waals surface area contributed by atoms with E-state index in [2.05, 4.69) is 19.2 Å². The summed E-state index contributed by atoms with van der Waals surface area (Å²) in [4.78, 5) is 14.4. The molecule has 1 aliphatic rings. The van der Waals surface area contributed by atoms with Crippen LogP contribution in [0, 0.1) is 0 Å². The van der Waals surface area contributed by atoms with Crippen molar-refractivity contribution in [1.29, 1.82) is 0 Å². The van der Waals surface area contributed by atoms with Gasteiger partial charge in [-0.2, -0.15) is 0 Å². The quantitative estimate of drug-likeness (QED) is 0.847. The highest BCUT2D eigenvalue weighted by Gasteiger charge is 2.28. The van der Waals surface area contributed by atoms with Gasteiger partial charge in [0.2, 0.25) is 0 Å². The van der Waals surface area contributed by atoms with Crippen molar-refractivity contribution in [2.24, 2.45) is 0 Å². The molecule has 1 amide bonds. The van der Waals surface area contributed by atoms with E-state index in [1.165, 1.54) is 0 Å². The lowest BCUT2D eigenvalue weighted by Crippen LogP contribution is -2.48. The number of rotatable bonds is 1. The topological polar surface area (TPSA) is 32.3 Å². The first kappa shape index (κ1) is 13.4. The van der Waals surface area contributed by atoms with E-state index in [-0.39, 0.29) is 11.4 Å². The van der Waals surface area contributed by atoms with Crippen LogP contribution < -0.4 is 5.32 Å². The predicted octanol–water partition coefficient (Wildman–Crippen LogP) is 2.55. The number of nitrogens with one attached hydrogen (secondary N) is 1. The highest BCUT2D eigenvalue weighted by Crippen LogP contribution is 2.19. The number of carbonyl (C=O) groups is 1. The van der Waals surface area contributed by atoms with Gasteiger partial charge in [0.15, 0.2) is 0 Å². The molecule has 3 nitrogen and oxygen atoms in total. The van der Waals surface area contributed by atoms with Crippen LogP contribution in [0.4, 0.5) is 0 Å². The van der Waals surface area contributed by atoms with Gasteiger partial charge in [-0.25, -0.2) is 0 Å². The fourth-order valence-electron chi connectivity index (χ4n) is 2.29. The van der Waals surface area contributed by atoms with E-state index in [4.69, 9.17) is 11.6 Å². The second-order valence-corrected chi connectivity index (χ2v) is 5.78. The SMILES string of the molecule is CC1(C)CN(C(=O)c2ccccc2Cl)CCCN1. The third-order valence-corrected chi connectivity index (χ3v) is 3.52. The number of hydrogen-bond donors (Lipinski definition) is 1. The van der Waals surface area contributed by atoms with Gasteiger partial charge in [0.05, 0.1) is 10.6 Å². The highest BCUT2D eigenvalue weighted by molar-refractivity contribution is 6.33. The van der Waals surface area contributed by atoms with E-state index in [0.717, 1.165) is 19.5 Å². The van der Waals surface area contributed by atoms with Crippen molar-refractivity contribution in [3.05, 3.63) is 34.9 Å². The van der Waals surface area contributed by atoms with Crippen molar-refractivity contribution in [3.8, 4) is 0 Å². The number of carbonyl (C=O) groups excluding carboxylic acids is 1. The summed E-state index contributed by atoms with van der Waals surface area (Å²) in [5.74, 6) is 0.0253. The monoisotopic (exact) mass is 266 g/mol. The fraction of sp³-hybridized carbons (Fsp3) is 0.500. The Bertz CT molecular complexity index is 445. The molecule has 0 radical (unpaired) electrons. The molecular formula is C14H19ClN2O. The molecular weight excluding hydrogens is 248 g/mol. The Kier molecular flexibility index (Phi) is 3.93. The molecule has 4 heteroatoms. The lowest BCUT2D eigenvalue weighted by atomic mass is 10.1. The van der Waals surface area contributed by atoms with E-state index in [9.17, 15) is 4.79 Å². The van der Waals surface area contributed by atoms with Crippen LogP contribution in [0.15, 0.2) is 24.3 Å². The van der Waals surface area contributed by atoms with Crippen LogP contribution >= 0.6 is 11.6 Å². The molecule has 1 fully saturated rings. The van der Waals surface area contributed by atoms with E-state index < -0.39 is 0 Å². The zero-order valence-electron chi connectivity index (χ0n) is 10.9. The van der Waals surface area contributed by atoms with Crippen molar-refractivity contribution in [2.75, 3.05) is 19.6 Å². The maximum atomic E-state index is 12.5. The first-order valence-electron chi connectivity index (χ1n) is 6.28. The standard InChI is InChI=1S/C14H19ClN2O/c1-14(2)10-17(9-5-8-16-14)13(18)11-6-3-4-7-12(11)15/h3-4,6-7,16H,5,8-10H2,1-2H3. The van der Waals surface area contributed by atoms with Gasteiger partial charge in [0.1, 0.15) is 0 Å². The summed E-state index contributed by atoms with van der Waals surface area (Å²) in [7, 11) is 0. The average Bonchev–Trinajstić information content (AvgIpc) is 2.50. The van der Waals surface area contributed by atoms with E-state index >= 15 is 0 Å². The van der Waals surface area contributed by atoms with Gasteiger partial charge in [-0.05, 0) is 38.9 Å². The van der Waals surface area contributed by atoms with Crippen molar-refractivity contribution in [2.45, 2.75) is 25.8 Å². The molecule has 1 aromatic rings. The van der Waals surface area contributed by atoms with Crippen molar-refractivity contribution in [3.63, 3.8) is 0 Å². The van der Waals surface area contributed by atoms with Gasteiger partial charge in [0, 0.05) is 18.6 Å². The first-order chi connectivity index (χ1) is 8.49. The van der Waals surface area contributed by atoms with Gasteiger partial charge < -0.3 is 10.2 Å². The van der Waals surface area contributed by atoms with Crippen LogP contribution in [0.25, 0.3) is 0 Å². The number of benzene rings is 1. The third-order valence-electron chi connectivity index (χ3n) is 3.19. The van der Waals surface area contributed by atoms with Crippen LogP contribution in [-0.4, -0.2) is 36.0 Å². The summed E-state index contributed by atoms with van der Waals surface area (Å²) >= 11 is 6.09. The molecule has 0 unspecified atom stereocenters. The molecule has 18 heavy (non-hydrogen) atoms. The molecule has 1 aromatic carbocycles. The third kappa shape index (κ3) is 3.03. The zero-order valence-corrected chi connectivity index (χ0v) is 11.6. The zero-order chi connectivity index (χ0) is 13.2. The minimum atomic E-state index is -0.0482.